The maximum Gasteiger partial charge on any atom is 0.287 e. The number of pyridine rings is 1. The lowest BCUT2D eigenvalue weighted by atomic mass is 10.2. The summed E-state index contributed by atoms with van der Waals surface area (Å²) in [5, 5.41) is 2.88. The van der Waals surface area contributed by atoms with Gasteiger partial charge < -0.3 is 14.6 Å². The summed E-state index contributed by atoms with van der Waals surface area (Å²) < 4.78 is 5.78. The molecule has 3 aromatic rings. The summed E-state index contributed by atoms with van der Waals surface area (Å²) in [6, 6.07) is 16.1. The number of carbonyl (C=O) groups is 1. The van der Waals surface area contributed by atoms with Crippen LogP contribution in [0.5, 0.6) is 0 Å². The van der Waals surface area contributed by atoms with Gasteiger partial charge in [0.05, 0.1) is 6.54 Å². The lowest BCUT2D eigenvalue weighted by Crippen LogP contribution is -2.45. The number of hydrogen-bond acceptors (Lipinski definition) is 5. The molecule has 1 N–H and O–H groups in total. The lowest BCUT2D eigenvalue weighted by Gasteiger charge is -2.35. The van der Waals surface area contributed by atoms with Gasteiger partial charge in [-0.3, -0.25) is 14.7 Å². The molecule has 0 radical (unpaired) electrons. The first-order valence-electron chi connectivity index (χ1n) is 9.97. The van der Waals surface area contributed by atoms with Crippen LogP contribution in [-0.4, -0.2) is 42.0 Å². The third-order valence-electron chi connectivity index (χ3n) is 5.24. The Balaban J connectivity index is 1.26. The summed E-state index contributed by atoms with van der Waals surface area (Å²) in [6.45, 7) is 7.21. The molecule has 0 atom stereocenters. The Labute approximate surface area is 171 Å². The quantitative estimate of drug-likeness (QED) is 0.700. The standard InChI is InChI=1S/C23H26N4O2/c1-18-2-4-20(5-3-18)27-14-12-26(13-15-27)17-21-6-7-22(29-21)23(28)25-16-19-8-10-24-11-9-19/h2-11H,12-17H2,1H3,(H,25,28). The van der Waals surface area contributed by atoms with Gasteiger partial charge in [0, 0.05) is 50.8 Å². The molecule has 0 saturated carbocycles. The van der Waals surface area contributed by atoms with E-state index < -0.39 is 0 Å². The number of aromatic nitrogens is 1. The van der Waals surface area contributed by atoms with Crippen LogP contribution in [0, 0.1) is 6.92 Å². The zero-order valence-electron chi connectivity index (χ0n) is 16.7. The summed E-state index contributed by atoms with van der Waals surface area (Å²) in [5.74, 6) is 0.979. The first kappa shape index (κ1) is 19.2. The number of amides is 1. The normalized spacial score (nSPS) is 14.7. The predicted octanol–water partition coefficient (Wildman–Crippen LogP) is 3.24. The number of rotatable bonds is 6. The minimum absolute atomic E-state index is 0.197. The van der Waals surface area contributed by atoms with Gasteiger partial charge in [0.1, 0.15) is 5.76 Å². The molecule has 2 aromatic heterocycles. The highest BCUT2D eigenvalue weighted by atomic mass is 16.4. The van der Waals surface area contributed by atoms with E-state index in [4.69, 9.17) is 4.42 Å². The summed E-state index contributed by atoms with van der Waals surface area (Å²) in [6.07, 6.45) is 3.43. The van der Waals surface area contributed by atoms with Crippen molar-refractivity contribution in [2.24, 2.45) is 0 Å². The summed E-state index contributed by atoms with van der Waals surface area (Å²) in [7, 11) is 0. The third-order valence-corrected chi connectivity index (χ3v) is 5.24. The second-order valence-electron chi connectivity index (χ2n) is 7.40. The number of piperazine rings is 1. The summed E-state index contributed by atoms with van der Waals surface area (Å²) in [4.78, 5) is 21.1. The Kier molecular flexibility index (Phi) is 5.91. The second kappa shape index (κ2) is 8.92. The van der Waals surface area contributed by atoms with E-state index in [0.29, 0.717) is 12.3 Å². The van der Waals surface area contributed by atoms with Crippen LogP contribution < -0.4 is 10.2 Å². The third kappa shape index (κ3) is 5.03. The van der Waals surface area contributed by atoms with Crippen molar-refractivity contribution in [2.75, 3.05) is 31.1 Å². The van der Waals surface area contributed by atoms with E-state index in [1.165, 1.54) is 11.3 Å². The summed E-state index contributed by atoms with van der Waals surface area (Å²) >= 11 is 0. The molecule has 29 heavy (non-hydrogen) atoms. The van der Waals surface area contributed by atoms with Crippen molar-refractivity contribution in [3.05, 3.63) is 83.6 Å². The molecular formula is C23H26N4O2. The molecule has 150 valence electrons. The Morgan fingerprint density at radius 2 is 1.72 bits per heavy atom. The smallest absolute Gasteiger partial charge is 0.287 e. The lowest BCUT2D eigenvalue weighted by molar-refractivity contribution is 0.0919. The van der Waals surface area contributed by atoms with Crippen molar-refractivity contribution in [3.63, 3.8) is 0 Å². The number of anilines is 1. The Morgan fingerprint density at radius 1 is 1.00 bits per heavy atom. The van der Waals surface area contributed by atoms with Gasteiger partial charge in [0.2, 0.25) is 0 Å². The van der Waals surface area contributed by atoms with Crippen molar-refractivity contribution < 1.29 is 9.21 Å². The van der Waals surface area contributed by atoms with E-state index in [1.54, 1.807) is 18.5 Å². The van der Waals surface area contributed by atoms with Gasteiger partial charge >= 0.3 is 0 Å². The molecule has 6 nitrogen and oxygen atoms in total. The fourth-order valence-electron chi connectivity index (χ4n) is 3.50. The van der Waals surface area contributed by atoms with Crippen LogP contribution in [-0.2, 0) is 13.1 Å². The van der Waals surface area contributed by atoms with E-state index in [1.807, 2.05) is 18.2 Å². The molecular weight excluding hydrogens is 364 g/mol. The monoisotopic (exact) mass is 390 g/mol. The number of benzene rings is 1. The number of aryl methyl sites for hydroxylation is 1. The first-order valence-corrected chi connectivity index (χ1v) is 9.97. The number of nitrogens with one attached hydrogen (secondary N) is 1. The number of hydrogen-bond donors (Lipinski definition) is 1. The van der Waals surface area contributed by atoms with Crippen LogP contribution >= 0.6 is 0 Å². The average Bonchev–Trinajstić information content (AvgIpc) is 3.23. The Hall–Kier alpha value is -3.12. The van der Waals surface area contributed by atoms with Gasteiger partial charge in [-0.05, 0) is 48.9 Å². The minimum atomic E-state index is -0.197. The van der Waals surface area contributed by atoms with E-state index in [0.717, 1.165) is 44.0 Å². The zero-order chi connectivity index (χ0) is 20.1. The molecule has 6 heteroatoms. The highest BCUT2D eigenvalue weighted by Gasteiger charge is 2.19. The van der Waals surface area contributed by atoms with Crippen LogP contribution in [0.3, 0.4) is 0 Å². The molecule has 3 heterocycles. The highest BCUT2D eigenvalue weighted by Crippen LogP contribution is 2.18. The SMILES string of the molecule is Cc1ccc(N2CCN(Cc3ccc(C(=O)NCc4ccncc4)o3)CC2)cc1. The van der Waals surface area contributed by atoms with Crippen molar-refractivity contribution >= 4 is 11.6 Å². The maximum absolute atomic E-state index is 12.3. The Bertz CT molecular complexity index is 929. The van der Waals surface area contributed by atoms with Crippen LogP contribution in [0.2, 0.25) is 0 Å². The Morgan fingerprint density at radius 3 is 2.45 bits per heavy atom. The van der Waals surface area contributed by atoms with Gasteiger partial charge in [-0.1, -0.05) is 17.7 Å². The topological polar surface area (TPSA) is 61.6 Å². The van der Waals surface area contributed by atoms with Crippen LogP contribution in [0.4, 0.5) is 5.69 Å². The van der Waals surface area contributed by atoms with Crippen molar-refractivity contribution in [1.82, 2.24) is 15.2 Å². The van der Waals surface area contributed by atoms with Crippen molar-refractivity contribution in [3.8, 4) is 0 Å². The molecule has 1 saturated heterocycles. The van der Waals surface area contributed by atoms with Crippen molar-refractivity contribution in [1.29, 1.82) is 0 Å². The first-order chi connectivity index (χ1) is 14.2. The number of nitrogens with zero attached hydrogens (tertiary/aromatic N) is 3. The number of furan rings is 1. The molecule has 1 amide bonds. The molecule has 0 unspecified atom stereocenters. The molecule has 1 aliphatic heterocycles. The van der Waals surface area contributed by atoms with E-state index in [2.05, 4.69) is 51.3 Å². The molecule has 0 spiro atoms. The molecule has 1 aliphatic rings. The van der Waals surface area contributed by atoms with Gasteiger partial charge in [-0.25, -0.2) is 0 Å². The van der Waals surface area contributed by atoms with E-state index in [9.17, 15) is 4.79 Å². The predicted molar refractivity (Wildman–Crippen MR) is 113 cm³/mol. The van der Waals surface area contributed by atoms with Crippen LogP contribution in [0.15, 0.2) is 65.3 Å². The molecule has 1 fully saturated rings. The molecule has 4 rings (SSSR count). The van der Waals surface area contributed by atoms with E-state index in [-0.39, 0.29) is 5.91 Å². The minimum Gasteiger partial charge on any atom is -0.455 e. The largest absolute Gasteiger partial charge is 0.455 e. The van der Waals surface area contributed by atoms with E-state index >= 15 is 0 Å². The number of carbonyl (C=O) groups excluding carboxylic acids is 1. The van der Waals surface area contributed by atoms with Crippen molar-refractivity contribution in [2.45, 2.75) is 20.0 Å². The van der Waals surface area contributed by atoms with Gasteiger partial charge in [-0.15, -0.1) is 0 Å². The maximum atomic E-state index is 12.3. The molecule has 0 aliphatic carbocycles. The highest BCUT2D eigenvalue weighted by molar-refractivity contribution is 5.91. The average molecular weight is 390 g/mol. The zero-order valence-corrected chi connectivity index (χ0v) is 16.7. The second-order valence-corrected chi connectivity index (χ2v) is 7.40. The fourth-order valence-corrected chi connectivity index (χ4v) is 3.50. The van der Waals surface area contributed by atoms with Crippen LogP contribution in [0.1, 0.15) is 27.4 Å². The van der Waals surface area contributed by atoms with Gasteiger partial charge in [-0.2, -0.15) is 0 Å². The molecule has 1 aromatic carbocycles. The van der Waals surface area contributed by atoms with Gasteiger partial charge in [0.15, 0.2) is 5.76 Å². The summed E-state index contributed by atoms with van der Waals surface area (Å²) in [5.41, 5.74) is 3.57. The molecule has 0 bridgehead atoms. The fraction of sp³-hybridized carbons (Fsp3) is 0.304. The van der Waals surface area contributed by atoms with Crippen LogP contribution in [0.25, 0.3) is 0 Å². The van der Waals surface area contributed by atoms with Gasteiger partial charge in [0.25, 0.3) is 5.91 Å².